The van der Waals surface area contributed by atoms with Crippen molar-refractivity contribution in [1.82, 2.24) is 5.32 Å². The number of halogens is 1. The molecule has 1 rings (SSSR count). The normalized spacial score (nSPS) is 12.3. The van der Waals surface area contributed by atoms with Crippen LogP contribution in [-0.4, -0.2) is 19.9 Å². The molecule has 0 aromatic heterocycles. The van der Waals surface area contributed by atoms with E-state index in [0.717, 1.165) is 12.1 Å². The molecule has 5 nitrogen and oxygen atoms in total. The van der Waals surface area contributed by atoms with Crippen LogP contribution >= 0.6 is 0 Å². The van der Waals surface area contributed by atoms with Crippen molar-refractivity contribution in [3.63, 3.8) is 0 Å². The van der Waals surface area contributed by atoms with Crippen molar-refractivity contribution in [3.8, 4) is 0 Å². The third-order valence-corrected chi connectivity index (χ3v) is 3.39. The molecule has 0 fully saturated rings. The van der Waals surface area contributed by atoms with Crippen LogP contribution in [-0.2, 0) is 10.0 Å². The molecular formula is C12H17FN2O3S. The van der Waals surface area contributed by atoms with Crippen LogP contribution in [0.4, 0.5) is 4.39 Å². The molecule has 0 aliphatic heterocycles. The summed E-state index contributed by atoms with van der Waals surface area (Å²) in [7, 11) is -4.08. The van der Waals surface area contributed by atoms with Crippen molar-refractivity contribution in [3.05, 3.63) is 29.1 Å². The van der Waals surface area contributed by atoms with Crippen LogP contribution in [0.3, 0.4) is 0 Å². The molecular weight excluding hydrogens is 271 g/mol. The zero-order chi connectivity index (χ0) is 15.0. The average molecular weight is 288 g/mol. The van der Waals surface area contributed by atoms with Crippen LogP contribution in [0.5, 0.6) is 0 Å². The highest BCUT2D eigenvalue weighted by Gasteiger charge is 2.21. The summed E-state index contributed by atoms with van der Waals surface area (Å²) in [6.07, 6.45) is 0. The van der Waals surface area contributed by atoms with Crippen LogP contribution in [0.1, 0.15) is 36.7 Å². The number of carbonyl (C=O) groups is 1. The lowest BCUT2D eigenvalue weighted by molar-refractivity contribution is 0.0919. The second kappa shape index (κ2) is 4.90. The molecule has 0 heterocycles. The molecule has 19 heavy (non-hydrogen) atoms. The molecule has 0 saturated carbocycles. The summed E-state index contributed by atoms with van der Waals surface area (Å²) in [5, 5.41) is 7.62. The van der Waals surface area contributed by atoms with Crippen molar-refractivity contribution < 1.29 is 17.6 Å². The maximum absolute atomic E-state index is 13.7. The van der Waals surface area contributed by atoms with Gasteiger partial charge >= 0.3 is 0 Å². The molecule has 1 amide bonds. The predicted molar refractivity (Wildman–Crippen MR) is 69.7 cm³/mol. The fourth-order valence-electron chi connectivity index (χ4n) is 1.49. The Bertz CT molecular complexity index is 619. The molecule has 0 spiro atoms. The van der Waals surface area contributed by atoms with Gasteiger partial charge in [-0.3, -0.25) is 4.79 Å². The number of primary sulfonamides is 1. The Hall–Kier alpha value is -1.47. The molecule has 7 heteroatoms. The Morgan fingerprint density at radius 3 is 2.26 bits per heavy atom. The maximum atomic E-state index is 13.7. The van der Waals surface area contributed by atoms with Crippen molar-refractivity contribution >= 4 is 15.9 Å². The molecule has 1 aromatic rings. The first-order valence-electron chi connectivity index (χ1n) is 5.57. The summed E-state index contributed by atoms with van der Waals surface area (Å²) >= 11 is 0. The summed E-state index contributed by atoms with van der Waals surface area (Å²) < 4.78 is 36.4. The van der Waals surface area contributed by atoms with E-state index < -0.39 is 27.3 Å². The van der Waals surface area contributed by atoms with Crippen LogP contribution in [0.25, 0.3) is 0 Å². The zero-order valence-corrected chi connectivity index (χ0v) is 12.1. The number of hydrogen-bond donors (Lipinski definition) is 2. The van der Waals surface area contributed by atoms with Gasteiger partial charge in [0.2, 0.25) is 10.0 Å². The molecule has 0 atom stereocenters. The van der Waals surface area contributed by atoms with Gasteiger partial charge in [0.1, 0.15) is 5.82 Å². The number of carbonyl (C=O) groups excluding carboxylic acids is 1. The Morgan fingerprint density at radius 1 is 1.32 bits per heavy atom. The first kappa shape index (κ1) is 15.6. The van der Waals surface area contributed by atoms with E-state index in [4.69, 9.17) is 5.14 Å². The Balaban J connectivity index is 3.33. The highest BCUT2D eigenvalue weighted by molar-refractivity contribution is 7.89. The van der Waals surface area contributed by atoms with Gasteiger partial charge in [0.05, 0.1) is 4.90 Å². The summed E-state index contributed by atoms with van der Waals surface area (Å²) in [6, 6.07) is 2.07. The summed E-state index contributed by atoms with van der Waals surface area (Å²) in [5.74, 6) is -1.35. The van der Waals surface area contributed by atoms with E-state index in [2.05, 4.69) is 5.32 Å². The van der Waals surface area contributed by atoms with Crippen LogP contribution in [0.15, 0.2) is 17.0 Å². The van der Waals surface area contributed by atoms with Gasteiger partial charge in [0, 0.05) is 16.7 Å². The number of amides is 1. The van der Waals surface area contributed by atoms with E-state index in [-0.39, 0.29) is 16.0 Å². The molecule has 0 bridgehead atoms. The van der Waals surface area contributed by atoms with Crippen LogP contribution in [0.2, 0.25) is 0 Å². The topological polar surface area (TPSA) is 89.3 Å². The monoisotopic (exact) mass is 288 g/mol. The van der Waals surface area contributed by atoms with Crippen LogP contribution in [0, 0.1) is 12.7 Å². The third kappa shape index (κ3) is 4.00. The number of hydrogen-bond acceptors (Lipinski definition) is 3. The zero-order valence-electron chi connectivity index (χ0n) is 11.2. The molecule has 0 saturated heterocycles. The number of nitrogens with two attached hydrogens (primary N) is 1. The SMILES string of the molecule is Cc1c(F)cc(C(=O)NC(C)(C)C)cc1S(N)(=O)=O. The minimum atomic E-state index is -4.08. The van der Waals surface area contributed by atoms with E-state index in [0.29, 0.717) is 0 Å². The number of nitrogens with one attached hydrogen (secondary N) is 1. The van der Waals surface area contributed by atoms with E-state index in [1.807, 2.05) is 0 Å². The highest BCUT2D eigenvalue weighted by atomic mass is 32.2. The molecule has 0 radical (unpaired) electrons. The molecule has 106 valence electrons. The first-order chi connectivity index (χ1) is 8.42. The van der Waals surface area contributed by atoms with Crippen molar-refractivity contribution in [1.29, 1.82) is 0 Å². The molecule has 0 aliphatic carbocycles. The minimum Gasteiger partial charge on any atom is -0.347 e. The van der Waals surface area contributed by atoms with Crippen molar-refractivity contribution in [2.75, 3.05) is 0 Å². The van der Waals surface area contributed by atoms with Gasteiger partial charge in [-0.1, -0.05) is 0 Å². The largest absolute Gasteiger partial charge is 0.347 e. The predicted octanol–water partition coefficient (Wildman–Crippen LogP) is 1.31. The standard InChI is InChI=1S/C12H17FN2O3S/c1-7-9(13)5-8(6-10(7)19(14,17)18)11(16)15-12(2,3)4/h5-6H,1-4H3,(H,15,16)(H2,14,17,18). The number of benzene rings is 1. The van der Waals surface area contributed by atoms with Gasteiger partial charge in [-0.2, -0.15) is 0 Å². The summed E-state index contributed by atoms with van der Waals surface area (Å²) in [4.78, 5) is 11.5. The molecule has 3 N–H and O–H groups in total. The van der Waals surface area contributed by atoms with Gasteiger partial charge in [-0.15, -0.1) is 0 Å². The molecule has 0 aliphatic rings. The van der Waals surface area contributed by atoms with E-state index in [1.54, 1.807) is 20.8 Å². The van der Waals surface area contributed by atoms with Crippen LogP contribution < -0.4 is 10.5 Å². The Morgan fingerprint density at radius 2 is 1.84 bits per heavy atom. The van der Waals surface area contributed by atoms with E-state index >= 15 is 0 Å². The smallest absolute Gasteiger partial charge is 0.251 e. The Labute approximate surface area is 112 Å². The second-order valence-corrected chi connectivity index (χ2v) is 6.86. The summed E-state index contributed by atoms with van der Waals surface area (Å²) in [6.45, 7) is 6.57. The molecule has 1 aromatic carbocycles. The first-order valence-corrected chi connectivity index (χ1v) is 7.12. The lowest BCUT2D eigenvalue weighted by Crippen LogP contribution is -2.40. The third-order valence-electron chi connectivity index (χ3n) is 2.35. The summed E-state index contributed by atoms with van der Waals surface area (Å²) in [5.41, 5.74) is -0.697. The Kier molecular flexibility index (Phi) is 4.02. The van der Waals surface area contributed by atoms with E-state index in [9.17, 15) is 17.6 Å². The van der Waals surface area contributed by atoms with Gasteiger partial charge < -0.3 is 5.32 Å². The maximum Gasteiger partial charge on any atom is 0.251 e. The second-order valence-electron chi connectivity index (χ2n) is 5.33. The van der Waals surface area contributed by atoms with E-state index in [1.165, 1.54) is 6.92 Å². The fourth-order valence-corrected chi connectivity index (χ4v) is 2.31. The highest BCUT2D eigenvalue weighted by Crippen LogP contribution is 2.20. The number of rotatable bonds is 2. The van der Waals surface area contributed by atoms with Gasteiger partial charge in [-0.25, -0.2) is 17.9 Å². The van der Waals surface area contributed by atoms with Gasteiger partial charge in [0.25, 0.3) is 5.91 Å². The number of sulfonamides is 1. The minimum absolute atomic E-state index is 0.0814. The fraction of sp³-hybridized carbons (Fsp3) is 0.417. The van der Waals surface area contributed by atoms with Gasteiger partial charge in [0.15, 0.2) is 0 Å². The van der Waals surface area contributed by atoms with Crippen molar-refractivity contribution in [2.24, 2.45) is 5.14 Å². The lowest BCUT2D eigenvalue weighted by atomic mass is 10.1. The molecule has 0 unspecified atom stereocenters. The average Bonchev–Trinajstić information content (AvgIpc) is 2.17. The van der Waals surface area contributed by atoms with Crippen molar-refractivity contribution in [2.45, 2.75) is 38.1 Å². The quantitative estimate of drug-likeness (QED) is 0.859. The lowest BCUT2D eigenvalue weighted by Gasteiger charge is -2.20. The van der Waals surface area contributed by atoms with Gasteiger partial charge in [-0.05, 0) is 39.8 Å².